The molecular weight excluding hydrogens is 394 g/mol. The second-order valence-electron chi connectivity index (χ2n) is 8.09. The third-order valence-electron chi connectivity index (χ3n) is 5.28. The van der Waals surface area contributed by atoms with Crippen LogP contribution in [-0.2, 0) is 4.79 Å². The number of pyridine rings is 1. The number of aryl methyl sites for hydroxylation is 1. The predicted molar refractivity (Wildman–Crippen MR) is 120 cm³/mol. The second-order valence-corrected chi connectivity index (χ2v) is 9.07. The molecule has 0 fully saturated rings. The molecule has 0 saturated heterocycles. The quantitative estimate of drug-likeness (QED) is 0.631. The zero-order chi connectivity index (χ0) is 21.3. The standard InChI is InChI=1S/C24H25N3O2S/c1-15(2)14-27-22(19-9-6-12-30-19)21(17-7-4-5-8-18(17)24(27)29)23(28)26-20-11-10-16(3)13-25-20/h4-13,15,21-22H,14H2,1-3H3,(H,25,26,28). The highest BCUT2D eigenvalue weighted by atomic mass is 32.1. The molecule has 1 aliphatic heterocycles. The van der Waals surface area contributed by atoms with Crippen LogP contribution in [0.3, 0.4) is 0 Å². The van der Waals surface area contributed by atoms with Gasteiger partial charge in [0.05, 0.1) is 12.0 Å². The first-order chi connectivity index (χ1) is 14.5. The van der Waals surface area contributed by atoms with E-state index in [1.807, 2.05) is 59.7 Å². The van der Waals surface area contributed by atoms with Crippen LogP contribution in [0.5, 0.6) is 0 Å². The van der Waals surface area contributed by atoms with Crippen molar-refractivity contribution < 1.29 is 9.59 Å². The fourth-order valence-electron chi connectivity index (χ4n) is 3.99. The maximum atomic E-state index is 13.6. The molecule has 0 aliphatic carbocycles. The first-order valence-corrected chi connectivity index (χ1v) is 11.0. The summed E-state index contributed by atoms with van der Waals surface area (Å²) in [6.07, 6.45) is 1.73. The number of thiophene rings is 1. The molecule has 1 N–H and O–H groups in total. The summed E-state index contributed by atoms with van der Waals surface area (Å²) < 4.78 is 0. The van der Waals surface area contributed by atoms with E-state index in [2.05, 4.69) is 24.1 Å². The summed E-state index contributed by atoms with van der Waals surface area (Å²) in [5, 5.41) is 4.97. The van der Waals surface area contributed by atoms with Crippen molar-refractivity contribution in [2.24, 2.45) is 5.92 Å². The number of anilines is 1. The SMILES string of the molecule is Cc1ccc(NC(=O)C2c3ccccc3C(=O)N(CC(C)C)C2c2cccs2)nc1. The fraction of sp³-hybridized carbons (Fsp3) is 0.292. The molecule has 3 heterocycles. The van der Waals surface area contributed by atoms with Gasteiger partial charge in [-0.2, -0.15) is 0 Å². The first-order valence-electron chi connectivity index (χ1n) is 10.1. The van der Waals surface area contributed by atoms with E-state index in [-0.39, 0.29) is 23.8 Å². The summed E-state index contributed by atoms with van der Waals surface area (Å²) in [5.41, 5.74) is 2.40. The Kier molecular flexibility index (Phi) is 5.68. The van der Waals surface area contributed by atoms with Crippen LogP contribution in [0.15, 0.2) is 60.1 Å². The molecular formula is C24H25N3O2S. The highest BCUT2D eigenvalue weighted by molar-refractivity contribution is 7.10. The molecule has 0 bridgehead atoms. The largest absolute Gasteiger partial charge is 0.329 e. The van der Waals surface area contributed by atoms with E-state index >= 15 is 0 Å². The van der Waals surface area contributed by atoms with Gasteiger partial charge < -0.3 is 10.2 Å². The molecule has 0 radical (unpaired) electrons. The summed E-state index contributed by atoms with van der Waals surface area (Å²) >= 11 is 1.58. The minimum Gasteiger partial charge on any atom is -0.329 e. The van der Waals surface area contributed by atoms with Gasteiger partial charge >= 0.3 is 0 Å². The summed E-state index contributed by atoms with van der Waals surface area (Å²) in [6.45, 7) is 6.72. The monoisotopic (exact) mass is 419 g/mol. The lowest BCUT2D eigenvalue weighted by atomic mass is 9.81. The molecule has 5 nitrogen and oxygen atoms in total. The highest BCUT2D eigenvalue weighted by Crippen LogP contribution is 2.44. The molecule has 154 valence electrons. The number of aromatic nitrogens is 1. The van der Waals surface area contributed by atoms with E-state index in [1.165, 1.54) is 0 Å². The molecule has 6 heteroatoms. The lowest BCUT2D eigenvalue weighted by molar-refractivity contribution is -0.119. The molecule has 0 spiro atoms. The maximum absolute atomic E-state index is 13.6. The molecule has 2 amide bonds. The number of rotatable bonds is 5. The van der Waals surface area contributed by atoms with Gasteiger partial charge in [-0.05, 0) is 47.5 Å². The smallest absolute Gasteiger partial charge is 0.254 e. The Balaban J connectivity index is 1.80. The normalized spacial score (nSPS) is 18.4. The van der Waals surface area contributed by atoms with Gasteiger partial charge in [0, 0.05) is 23.2 Å². The molecule has 0 saturated carbocycles. The molecule has 1 aliphatic rings. The van der Waals surface area contributed by atoms with Crippen molar-refractivity contribution >= 4 is 29.0 Å². The van der Waals surface area contributed by atoms with E-state index in [1.54, 1.807) is 23.6 Å². The van der Waals surface area contributed by atoms with Crippen molar-refractivity contribution in [1.29, 1.82) is 0 Å². The van der Waals surface area contributed by atoms with Gasteiger partial charge in [-0.15, -0.1) is 11.3 Å². The molecule has 2 unspecified atom stereocenters. The minimum absolute atomic E-state index is 0.0183. The van der Waals surface area contributed by atoms with Crippen LogP contribution >= 0.6 is 11.3 Å². The Morgan fingerprint density at radius 1 is 1.17 bits per heavy atom. The van der Waals surface area contributed by atoms with Gasteiger partial charge in [0.15, 0.2) is 0 Å². The minimum atomic E-state index is -0.514. The molecule has 2 aromatic heterocycles. The Bertz CT molecular complexity index is 1040. The summed E-state index contributed by atoms with van der Waals surface area (Å²) in [7, 11) is 0. The van der Waals surface area contributed by atoms with Crippen molar-refractivity contribution in [3.63, 3.8) is 0 Å². The Labute approximate surface area is 180 Å². The average Bonchev–Trinajstić information content (AvgIpc) is 3.25. The van der Waals surface area contributed by atoms with E-state index in [0.29, 0.717) is 17.9 Å². The zero-order valence-corrected chi connectivity index (χ0v) is 18.1. The lowest BCUT2D eigenvalue weighted by Crippen LogP contribution is -2.47. The fourth-order valence-corrected chi connectivity index (χ4v) is 4.87. The molecule has 3 aromatic rings. The van der Waals surface area contributed by atoms with Crippen LogP contribution in [0.1, 0.15) is 52.2 Å². The van der Waals surface area contributed by atoms with Crippen LogP contribution in [0, 0.1) is 12.8 Å². The van der Waals surface area contributed by atoms with Crippen molar-refractivity contribution in [2.75, 3.05) is 11.9 Å². The number of benzene rings is 1. The van der Waals surface area contributed by atoms with Gasteiger partial charge in [0.25, 0.3) is 5.91 Å². The van der Waals surface area contributed by atoms with Crippen molar-refractivity contribution in [1.82, 2.24) is 9.88 Å². The van der Waals surface area contributed by atoms with Gasteiger partial charge in [-0.1, -0.05) is 44.2 Å². The van der Waals surface area contributed by atoms with Gasteiger partial charge in [0.2, 0.25) is 5.91 Å². The first kappa shape index (κ1) is 20.3. The van der Waals surface area contributed by atoms with E-state index in [9.17, 15) is 9.59 Å². The topological polar surface area (TPSA) is 62.3 Å². The maximum Gasteiger partial charge on any atom is 0.254 e. The summed E-state index contributed by atoms with van der Waals surface area (Å²) in [4.78, 5) is 34.2. The van der Waals surface area contributed by atoms with Crippen LogP contribution in [-0.4, -0.2) is 28.2 Å². The summed E-state index contributed by atoms with van der Waals surface area (Å²) in [5.74, 6) is 0.109. The Hall–Kier alpha value is -2.99. The second kappa shape index (κ2) is 8.40. The number of nitrogens with one attached hydrogen (secondary N) is 1. The van der Waals surface area contributed by atoms with Gasteiger partial charge in [-0.3, -0.25) is 9.59 Å². The lowest BCUT2D eigenvalue weighted by Gasteiger charge is -2.41. The van der Waals surface area contributed by atoms with Crippen LogP contribution in [0.2, 0.25) is 0 Å². The predicted octanol–water partition coefficient (Wildman–Crippen LogP) is 5.03. The number of fused-ring (bicyclic) bond motifs is 1. The molecule has 1 aromatic carbocycles. The zero-order valence-electron chi connectivity index (χ0n) is 17.3. The third-order valence-corrected chi connectivity index (χ3v) is 6.22. The average molecular weight is 420 g/mol. The molecule has 2 atom stereocenters. The Morgan fingerprint density at radius 3 is 2.63 bits per heavy atom. The van der Waals surface area contributed by atoms with Gasteiger partial charge in [-0.25, -0.2) is 4.98 Å². The van der Waals surface area contributed by atoms with E-state index in [4.69, 9.17) is 0 Å². The Morgan fingerprint density at radius 2 is 1.97 bits per heavy atom. The van der Waals surface area contributed by atoms with Crippen LogP contribution in [0.25, 0.3) is 0 Å². The van der Waals surface area contributed by atoms with Gasteiger partial charge in [0.1, 0.15) is 5.82 Å². The number of carbonyl (C=O) groups is 2. The highest BCUT2D eigenvalue weighted by Gasteiger charge is 2.44. The third kappa shape index (κ3) is 3.87. The number of carbonyl (C=O) groups excluding carboxylic acids is 2. The van der Waals surface area contributed by atoms with Crippen LogP contribution < -0.4 is 5.32 Å². The van der Waals surface area contributed by atoms with E-state index in [0.717, 1.165) is 16.0 Å². The number of amides is 2. The van der Waals surface area contributed by atoms with Crippen molar-refractivity contribution in [3.05, 3.63) is 81.7 Å². The molecule has 4 rings (SSSR count). The van der Waals surface area contributed by atoms with E-state index < -0.39 is 5.92 Å². The number of nitrogens with zero attached hydrogens (tertiary/aromatic N) is 2. The molecule has 30 heavy (non-hydrogen) atoms. The number of hydrogen-bond acceptors (Lipinski definition) is 4. The number of hydrogen-bond donors (Lipinski definition) is 1. The van der Waals surface area contributed by atoms with Crippen molar-refractivity contribution in [2.45, 2.75) is 32.7 Å². The van der Waals surface area contributed by atoms with Crippen LogP contribution in [0.4, 0.5) is 5.82 Å². The summed E-state index contributed by atoms with van der Waals surface area (Å²) in [6, 6.07) is 14.8. The van der Waals surface area contributed by atoms with Crippen molar-refractivity contribution in [3.8, 4) is 0 Å².